The van der Waals surface area contributed by atoms with Crippen molar-refractivity contribution in [2.75, 3.05) is 16.8 Å². The summed E-state index contributed by atoms with van der Waals surface area (Å²) in [6.07, 6.45) is 2.81. The summed E-state index contributed by atoms with van der Waals surface area (Å²) in [6.45, 7) is 3.64. The van der Waals surface area contributed by atoms with Crippen molar-refractivity contribution in [3.8, 4) is 5.69 Å². The number of aryl methyl sites for hydroxylation is 2. The highest BCUT2D eigenvalue weighted by atomic mass is 16.2. The molecule has 0 saturated carbocycles. The van der Waals surface area contributed by atoms with E-state index in [4.69, 9.17) is 0 Å². The lowest BCUT2D eigenvalue weighted by atomic mass is 10.1. The number of hydrogen-bond acceptors (Lipinski definition) is 5. The lowest BCUT2D eigenvalue weighted by Gasteiger charge is -2.29. The minimum atomic E-state index is -0.378. The summed E-state index contributed by atoms with van der Waals surface area (Å²) in [4.78, 5) is 43.9. The van der Waals surface area contributed by atoms with Crippen molar-refractivity contribution in [2.24, 2.45) is 0 Å². The summed E-state index contributed by atoms with van der Waals surface area (Å²) < 4.78 is 2.86. The van der Waals surface area contributed by atoms with Crippen molar-refractivity contribution in [3.05, 3.63) is 76.5 Å². The third-order valence-electron chi connectivity index (χ3n) is 5.38. The number of nitrogens with zero attached hydrogens (tertiary/aromatic N) is 5. The second-order valence-corrected chi connectivity index (χ2v) is 7.86. The van der Waals surface area contributed by atoms with Gasteiger partial charge in [-0.1, -0.05) is 18.2 Å². The zero-order chi connectivity index (χ0) is 22.4. The van der Waals surface area contributed by atoms with Crippen LogP contribution in [0.5, 0.6) is 0 Å². The van der Waals surface area contributed by atoms with Gasteiger partial charge in [0, 0.05) is 0 Å². The summed E-state index contributed by atoms with van der Waals surface area (Å²) >= 11 is 0. The number of benzene rings is 2. The van der Waals surface area contributed by atoms with E-state index in [0.717, 1.165) is 16.8 Å². The zero-order valence-corrected chi connectivity index (χ0v) is 17.6. The fourth-order valence-electron chi connectivity index (χ4n) is 4.01. The molecule has 0 spiro atoms. The van der Waals surface area contributed by atoms with Crippen LogP contribution in [0.1, 0.15) is 11.1 Å². The predicted octanol–water partition coefficient (Wildman–Crippen LogP) is 2.18. The Balaban J connectivity index is 1.49. The van der Waals surface area contributed by atoms with Gasteiger partial charge in [0.15, 0.2) is 5.65 Å². The van der Waals surface area contributed by atoms with Gasteiger partial charge in [-0.3, -0.25) is 23.9 Å². The van der Waals surface area contributed by atoms with Crippen molar-refractivity contribution >= 4 is 34.2 Å². The summed E-state index contributed by atoms with van der Waals surface area (Å²) in [7, 11) is 0. The fourth-order valence-corrected chi connectivity index (χ4v) is 4.01. The van der Waals surface area contributed by atoms with Gasteiger partial charge in [-0.25, -0.2) is 9.67 Å². The largest absolute Gasteiger partial charge is 0.323 e. The van der Waals surface area contributed by atoms with Gasteiger partial charge in [-0.15, -0.1) is 0 Å². The van der Waals surface area contributed by atoms with Crippen LogP contribution >= 0.6 is 0 Å². The Hall–Kier alpha value is -4.27. The Morgan fingerprint density at radius 3 is 2.62 bits per heavy atom. The molecular weight excluding hydrogens is 408 g/mol. The van der Waals surface area contributed by atoms with E-state index in [-0.39, 0.29) is 30.5 Å². The molecule has 9 heteroatoms. The molecule has 1 aliphatic heterocycles. The van der Waals surface area contributed by atoms with Gasteiger partial charge in [-0.2, -0.15) is 5.10 Å². The van der Waals surface area contributed by atoms with Gasteiger partial charge in [0.25, 0.3) is 5.56 Å². The number of para-hydroxylation sites is 2. The molecule has 1 aliphatic rings. The van der Waals surface area contributed by atoms with E-state index in [2.05, 4.69) is 21.5 Å². The number of fused-ring (bicyclic) bond motifs is 2. The highest BCUT2D eigenvalue weighted by Gasteiger charge is 2.27. The van der Waals surface area contributed by atoms with E-state index < -0.39 is 0 Å². The molecule has 2 amide bonds. The maximum absolute atomic E-state index is 13.1. The monoisotopic (exact) mass is 428 g/mol. The minimum Gasteiger partial charge on any atom is -0.323 e. The molecule has 0 bridgehead atoms. The lowest BCUT2D eigenvalue weighted by molar-refractivity contribution is -0.122. The maximum atomic E-state index is 13.1. The number of anilines is 2. The molecule has 9 nitrogen and oxygen atoms in total. The highest BCUT2D eigenvalue weighted by molar-refractivity contribution is 6.09. The molecular formula is C23H20N6O3. The van der Waals surface area contributed by atoms with Gasteiger partial charge < -0.3 is 5.32 Å². The van der Waals surface area contributed by atoms with E-state index in [1.165, 1.54) is 22.0 Å². The van der Waals surface area contributed by atoms with Crippen LogP contribution in [0, 0.1) is 13.8 Å². The first-order valence-corrected chi connectivity index (χ1v) is 10.1. The van der Waals surface area contributed by atoms with Crippen LogP contribution in [0.15, 0.2) is 59.8 Å². The van der Waals surface area contributed by atoms with E-state index in [1.54, 1.807) is 28.9 Å². The number of carbonyl (C=O) groups excluding carboxylic acids is 2. The minimum absolute atomic E-state index is 0.106. The standard InChI is InChI=1S/C23H20N6O3/c1-14-7-15(2)9-16(8-14)29-22-17(10-25-29)23(32)27(13-24-22)12-21(31)28-11-20(30)26-18-5-3-4-6-19(18)28/h3-10,13H,11-12H2,1-2H3,(H,26,30). The molecule has 5 rings (SSSR count). The van der Waals surface area contributed by atoms with Crippen LogP contribution in [0.25, 0.3) is 16.7 Å². The van der Waals surface area contributed by atoms with E-state index in [1.807, 2.05) is 26.0 Å². The van der Waals surface area contributed by atoms with Crippen LogP contribution in [0.2, 0.25) is 0 Å². The second kappa shape index (κ2) is 7.45. The predicted molar refractivity (Wildman–Crippen MR) is 120 cm³/mol. The van der Waals surface area contributed by atoms with Gasteiger partial charge in [-0.05, 0) is 49.2 Å². The number of hydrogen-bond donors (Lipinski definition) is 1. The van der Waals surface area contributed by atoms with Gasteiger partial charge in [0.1, 0.15) is 24.8 Å². The average Bonchev–Trinajstić information content (AvgIpc) is 3.19. The first-order valence-electron chi connectivity index (χ1n) is 10.1. The zero-order valence-electron chi connectivity index (χ0n) is 17.6. The number of aromatic nitrogens is 4. The Kier molecular flexibility index (Phi) is 4.58. The molecule has 0 aliphatic carbocycles. The van der Waals surface area contributed by atoms with Crippen molar-refractivity contribution in [1.82, 2.24) is 19.3 Å². The van der Waals surface area contributed by atoms with E-state index in [9.17, 15) is 14.4 Å². The summed E-state index contributed by atoms with van der Waals surface area (Å²) in [5, 5.41) is 7.41. The average molecular weight is 428 g/mol. The first-order chi connectivity index (χ1) is 15.4. The van der Waals surface area contributed by atoms with Crippen LogP contribution < -0.4 is 15.8 Å². The van der Waals surface area contributed by atoms with Crippen molar-refractivity contribution in [1.29, 1.82) is 0 Å². The molecule has 3 heterocycles. The molecule has 1 N–H and O–H groups in total. The van der Waals surface area contributed by atoms with Crippen molar-refractivity contribution in [2.45, 2.75) is 20.4 Å². The number of nitrogens with one attached hydrogen (secondary N) is 1. The van der Waals surface area contributed by atoms with Gasteiger partial charge in [0.05, 0.1) is 23.3 Å². The third-order valence-corrected chi connectivity index (χ3v) is 5.38. The normalized spacial score (nSPS) is 13.2. The first kappa shape index (κ1) is 19.7. The molecule has 4 aromatic rings. The summed E-state index contributed by atoms with van der Waals surface area (Å²) in [5.41, 5.74) is 4.19. The molecule has 2 aromatic carbocycles. The molecule has 0 saturated heterocycles. The van der Waals surface area contributed by atoms with Crippen LogP contribution in [0.3, 0.4) is 0 Å². The number of amides is 2. The third kappa shape index (κ3) is 3.33. The Labute approximate surface area is 182 Å². The molecule has 0 atom stereocenters. The molecule has 32 heavy (non-hydrogen) atoms. The quantitative estimate of drug-likeness (QED) is 0.539. The number of carbonyl (C=O) groups is 2. The van der Waals surface area contributed by atoms with Crippen LogP contribution in [0.4, 0.5) is 11.4 Å². The van der Waals surface area contributed by atoms with Crippen LogP contribution in [-0.2, 0) is 16.1 Å². The van der Waals surface area contributed by atoms with Crippen LogP contribution in [-0.4, -0.2) is 37.7 Å². The van der Waals surface area contributed by atoms with Crippen molar-refractivity contribution in [3.63, 3.8) is 0 Å². The second-order valence-electron chi connectivity index (χ2n) is 7.86. The topological polar surface area (TPSA) is 102 Å². The molecule has 0 unspecified atom stereocenters. The Morgan fingerprint density at radius 2 is 1.84 bits per heavy atom. The van der Waals surface area contributed by atoms with Gasteiger partial charge >= 0.3 is 0 Å². The lowest BCUT2D eigenvalue weighted by Crippen LogP contribution is -2.44. The maximum Gasteiger partial charge on any atom is 0.264 e. The van der Waals surface area contributed by atoms with Gasteiger partial charge in [0.2, 0.25) is 11.8 Å². The van der Waals surface area contributed by atoms with Crippen molar-refractivity contribution < 1.29 is 9.59 Å². The Bertz CT molecular complexity index is 1430. The SMILES string of the molecule is Cc1cc(C)cc(-n2ncc3c(=O)n(CC(=O)N4CC(=O)Nc5ccccc54)cnc32)c1. The van der Waals surface area contributed by atoms with E-state index >= 15 is 0 Å². The fraction of sp³-hybridized carbons (Fsp3) is 0.174. The molecule has 2 aromatic heterocycles. The number of rotatable bonds is 3. The summed E-state index contributed by atoms with van der Waals surface area (Å²) in [5.74, 6) is -0.662. The smallest absolute Gasteiger partial charge is 0.264 e. The molecule has 0 fully saturated rings. The van der Waals surface area contributed by atoms with E-state index in [0.29, 0.717) is 22.4 Å². The molecule has 160 valence electrons. The Morgan fingerprint density at radius 1 is 1.09 bits per heavy atom. The summed E-state index contributed by atoms with van der Waals surface area (Å²) in [6, 6.07) is 13.0. The molecule has 0 radical (unpaired) electrons. The highest BCUT2D eigenvalue weighted by Crippen LogP contribution is 2.29.